The Bertz CT molecular complexity index is 871. The van der Waals surface area contributed by atoms with Gasteiger partial charge in [-0.3, -0.25) is 4.79 Å². The fourth-order valence-electron chi connectivity index (χ4n) is 3.77. The maximum Gasteiger partial charge on any atom is 0.251 e. The summed E-state index contributed by atoms with van der Waals surface area (Å²) in [5.74, 6) is 0.0306. The third kappa shape index (κ3) is 3.97. The van der Waals surface area contributed by atoms with Crippen LogP contribution in [0, 0.1) is 0 Å². The van der Waals surface area contributed by atoms with E-state index in [2.05, 4.69) is 45.5 Å². The lowest BCUT2D eigenvalue weighted by atomic mass is 10.0. The predicted octanol–water partition coefficient (Wildman–Crippen LogP) is 3.60. The fraction of sp³-hybridized carbons (Fsp3) is 0.318. The Morgan fingerprint density at radius 2 is 2.04 bits per heavy atom. The number of nitrogens with one attached hydrogen (secondary N) is 2. The summed E-state index contributed by atoms with van der Waals surface area (Å²) in [4.78, 5) is 18.3. The van der Waals surface area contributed by atoms with Gasteiger partial charge in [-0.15, -0.1) is 0 Å². The molecule has 0 bridgehead atoms. The molecule has 1 aromatic heterocycles. The molecule has 1 unspecified atom stereocenters. The van der Waals surface area contributed by atoms with E-state index in [-0.39, 0.29) is 11.9 Å². The molecule has 1 amide bonds. The Balaban J connectivity index is 1.33. The van der Waals surface area contributed by atoms with E-state index >= 15 is 0 Å². The molecule has 4 rings (SSSR count). The molecule has 2 heterocycles. The maximum absolute atomic E-state index is 12.6. The van der Waals surface area contributed by atoms with Crippen LogP contribution < -0.4 is 5.32 Å². The molecule has 0 spiro atoms. The van der Waals surface area contributed by atoms with Crippen molar-refractivity contribution in [3.8, 4) is 0 Å². The number of carbonyl (C=O) groups excluding carboxylic acids is 1. The first kappa shape index (κ1) is 16.9. The van der Waals surface area contributed by atoms with Crippen molar-refractivity contribution in [1.82, 2.24) is 15.2 Å². The largest absolute Gasteiger partial charge is 0.361 e. The minimum Gasteiger partial charge on any atom is -0.361 e. The topological polar surface area (TPSA) is 48.1 Å². The summed E-state index contributed by atoms with van der Waals surface area (Å²) in [6.07, 6.45) is 5.15. The normalized spacial score (nSPS) is 18.1. The number of carbonyl (C=O) groups is 1. The first-order chi connectivity index (χ1) is 12.8. The van der Waals surface area contributed by atoms with Crippen LogP contribution in [0.5, 0.6) is 0 Å². The summed E-state index contributed by atoms with van der Waals surface area (Å²) in [5.41, 5.74) is 3.17. The number of rotatable bonds is 5. The van der Waals surface area contributed by atoms with Crippen LogP contribution in [0.15, 0.2) is 60.8 Å². The van der Waals surface area contributed by atoms with E-state index in [1.54, 1.807) is 0 Å². The van der Waals surface area contributed by atoms with E-state index in [0.29, 0.717) is 0 Å². The number of hydrogen-bond acceptors (Lipinski definition) is 2. The molecule has 0 saturated carbocycles. The third-order valence-electron chi connectivity index (χ3n) is 5.22. The average Bonchev–Trinajstić information content (AvgIpc) is 3.15. The van der Waals surface area contributed by atoms with Crippen molar-refractivity contribution in [2.24, 2.45) is 0 Å². The second kappa shape index (κ2) is 7.75. The molecular weight excluding hydrogens is 322 g/mol. The molecule has 4 nitrogen and oxygen atoms in total. The molecule has 3 aromatic rings. The van der Waals surface area contributed by atoms with Crippen LogP contribution in [0.3, 0.4) is 0 Å². The third-order valence-corrected chi connectivity index (χ3v) is 5.22. The van der Waals surface area contributed by atoms with Crippen molar-refractivity contribution >= 4 is 16.8 Å². The fourth-order valence-corrected chi connectivity index (χ4v) is 3.77. The van der Waals surface area contributed by atoms with Gasteiger partial charge in [-0.05, 0) is 55.6 Å². The SMILES string of the molecule is O=C(NC1CCCN(CCc2ccccc2)C1)c1ccc2[nH]ccc2c1. The van der Waals surface area contributed by atoms with Gasteiger partial charge in [0, 0.05) is 41.8 Å². The van der Waals surface area contributed by atoms with Gasteiger partial charge in [-0.2, -0.15) is 0 Å². The Morgan fingerprint density at radius 3 is 2.92 bits per heavy atom. The lowest BCUT2D eigenvalue weighted by molar-refractivity contribution is 0.0904. The number of fused-ring (bicyclic) bond motifs is 1. The summed E-state index contributed by atoms with van der Waals surface area (Å²) in [6.45, 7) is 3.10. The van der Waals surface area contributed by atoms with Crippen molar-refractivity contribution in [2.75, 3.05) is 19.6 Å². The number of aromatic nitrogens is 1. The Labute approximate surface area is 154 Å². The number of nitrogens with zero attached hydrogens (tertiary/aromatic N) is 1. The minimum atomic E-state index is 0.0306. The van der Waals surface area contributed by atoms with Crippen molar-refractivity contribution in [1.29, 1.82) is 0 Å². The van der Waals surface area contributed by atoms with Crippen LogP contribution in [0.25, 0.3) is 10.9 Å². The first-order valence-corrected chi connectivity index (χ1v) is 9.42. The molecule has 26 heavy (non-hydrogen) atoms. The Morgan fingerprint density at radius 1 is 1.15 bits per heavy atom. The van der Waals surface area contributed by atoms with E-state index in [9.17, 15) is 4.79 Å². The Hall–Kier alpha value is -2.59. The minimum absolute atomic E-state index is 0.0306. The first-order valence-electron chi connectivity index (χ1n) is 9.42. The lowest BCUT2D eigenvalue weighted by Crippen LogP contribution is -2.48. The average molecular weight is 347 g/mol. The van der Waals surface area contributed by atoms with Gasteiger partial charge in [-0.1, -0.05) is 30.3 Å². The maximum atomic E-state index is 12.6. The summed E-state index contributed by atoms with van der Waals surface area (Å²) in [6, 6.07) is 18.7. The van der Waals surface area contributed by atoms with E-state index < -0.39 is 0 Å². The zero-order valence-electron chi connectivity index (χ0n) is 14.9. The zero-order valence-corrected chi connectivity index (χ0v) is 14.9. The Kier molecular flexibility index (Phi) is 5.02. The van der Waals surface area contributed by atoms with Gasteiger partial charge in [0.2, 0.25) is 0 Å². The van der Waals surface area contributed by atoms with E-state index in [0.717, 1.165) is 55.4 Å². The monoisotopic (exact) mass is 347 g/mol. The molecule has 0 radical (unpaired) electrons. The highest BCUT2D eigenvalue weighted by Gasteiger charge is 2.21. The highest BCUT2D eigenvalue weighted by molar-refractivity contribution is 5.98. The number of benzene rings is 2. The zero-order chi connectivity index (χ0) is 17.8. The predicted molar refractivity (Wildman–Crippen MR) is 105 cm³/mol. The number of amides is 1. The summed E-state index contributed by atoms with van der Waals surface area (Å²) < 4.78 is 0. The molecule has 2 aromatic carbocycles. The van der Waals surface area contributed by atoms with Crippen LogP contribution in [0.2, 0.25) is 0 Å². The smallest absolute Gasteiger partial charge is 0.251 e. The van der Waals surface area contributed by atoms with Crippen LogP contribution in [-0.2, 0) is 6.42 Å². The van der Waals surface area contributed by atoms with Crippen LogP contribution >= 0.6 is 0 Å². The van der Waals surface area contributed by atoms with Crippen molar-refractivity contribution < 1.29 is 4.79 Å². The van der Waals surface area contributed by atoms with Crippen LogP contribution in [-0.4, -0.2) is 41.5 Å². The van der Waals surface area contributed by atoms with Gasteiger partial charge in [0.1, 0.15) is 0 Å². The number of H-pyrrole nitrogens is 1. The van der Waals surface area contributed by atoms with Gasteiger partial charge in [-0.25, -0.2) is 0 Å². The summed E-state index contributed by atoms with van der Waals surface area (Å²) in [5, 5.41) is 4.30. The van der Waals surface area contributed by atoms with Gasteiger partial charge < -0.3 is 15.2 Å². The lowest BCUT2D eigenvalue weighted by Gasteiger charge is -2.33. The molecule has 1 fully saturated rings. The quantitative estimate of drug-likeness (QED) is 0.741. The molecule has 2 N–H and O–H groups in total. The number of piperidine rings is 1. The van der Waals surface area contributed by atoms with Gasteiger partial charge in [0.25, 0.3) is 5.91 Å². The molecular formula is C22H25N3O. The second-order valence-corrected chi connectivity index (χ2v) is 7.13. The van der Waals surface area contributed by atoms with Crippen molar-refractivity contribution in [2.45, 2.75) is 25.3 Å². The number of likely N-dealkylation sites (tertiary alicyclic amines) is 1. The van der Waals surface area contributed by atoms with E-state index in [4.69, 9.17) is 0 Å². The molecule has 1 aliphatic heterocycles. The van der Waals surface area contributed by atoms with Crippen molar-refractivity contribution in [3.05, 3.63) is 71.9 Å². The number of aromatic amines is 1. The molecule has 0 aliphatic carbocycles. The molecule has 1 saturated heterocycles. The second-order valence-electron chi connectivity index (χ2n) is 7.13. The highest BCUT2D eigenvalue weighted by Crippen LogP contribution is 2.16. The molecule has 4 heteroatoms. The number of hydrogen-bond donors (Lipinski definition) is 2. The van der Waals surface area contributed by atoms with E-state index in [1.807, 2.05) is 30.5 Å². The summed E-state index contributed by atoms with van der Waals surface area (Å²) >= 11 is 0. The van der Waals surface area contributed by atoms with Gasteiger partial charge in [0.05, 0.1) is 0 Å². The van der Waals surface area contributed by atoms with E-state index in [1.165, 1.54) is 5.56 Å². The standard InChI is InChI=1S/C22H25N3O/c26-22(19-8-9-21-18(15-19)10-12-23-21)24-20-7-4-13-25(16-20)14-11-17-5-2-1-3-6-17/h1-3,5-6,8-10,12,15,20,23H,4,7,11,13-14,16H2,(H,24,26). The molecule has 1 aliphatic rings. The van der Waals surface area contributed by atoms with Gasteiger partial charge in [0.15, 0.2) is 0 Å². The van der Waals surface area contributed by atoms with Crippen LogP contribution in [0.1, 0.15) is 28.8 Å². The van der Waals surface area contributed by atoms with Gasteiger partial charge >= 0.3 is 0 Å². The van der Waals surface area contributed by atoms with Crippen LogP contribution in [0.4, 0.5) is 0 Å². The summed E-state index contributed by atoms with van der Waals surface area (Å²) in [7, 11) is 0. The molecule has 1 atom stereocenters. The highest BCUT2D eigenvalue weighted by atomic mass is 16.1. The molecule has 134 valence electrons. The van der Waals surface area contributed by atoms with Crippen molar-refractivity contribution in [3.63, 3.8) is 0 Å².